The molecule has 6 fully saturated rings. The van der Waals surface area contributed by atoms with Gasteiger partial charge in [0.2, 0.25) is 0 Å². The van der Waals surface area contributed by atoms with Gasteiger partial charge in [-0.15, -0.1) is 0 Å². The van der Waals surface area contributed by atoms with E-state index in [0.717, 1.165) is 0 Å². The second kappa shape index (κ2) is 15.5. The average molecular weight is 771 g/mol. The highest BCUT2D eigenvalue weighted by Crippen LogP contribution is 2.71. The quantitative estimate of drug-likeness (QED) is 0.160. The first kappa shape index (κ1) is 42.3. The maximum absolute atomic E-state index is 13.4. The number of aliphatic hydroxyl groups is 5. The Labute approximate surface area is 319 Å². The molecule has 14 heteroatoms. The molecule has 14 nitrogen and oxygen atoms in total. The van der Waals surface area contributed by atoms with E-state index in [1.165, 1.54) is 14.0 Å². The predicted molar refractivity (Wildman–Crippen MR) is 192 cm³/mol. The summed E-state index contributed by atoms with van der Waals surface area (Å²) >= 11 is 0. The van der Waals surface area contributed by atoms with Crippen molar-refractivity contribution in [1.82, 2.24) is 0 Å². The van der Waals surface area contributed by atoms with E-state index >= 15 is 0 Å². The fraction of sp³-hybridized carbons (Fsp3) is 0.950. The number of esters is 1. The van der Waals surface area contributed by atoms with Crippen LogP contribution in [0.25, 0.3) is 0 Å². The summed E-state index contributed by atoms with van der Waals surface area (Å²) in [4.78, 5) is 26.4. The number of methoxy groups -OCH3 is 2. The van der Waals surface area contributed by atoms with Crippen LogP contribution in [0.1, 0.15) is 106 Å². The lowest BCUT2D eigenvalue weighted by Gasteiger charge is -2.69. The molecule has 1 unspecified atom stereocenters. The lowest BCUT2D eigenvalue weighted by Crippen LogP contribution is -2.81. The number of ether oxygens (including phenoxy) is 7. The van der Waals surface area contributed by atoms with Gasteiger partial charge in [0.25, 0.3) is 0 Å². The molecule has 5 N–H and O–H groups in total. The van der Waals surface area contributed by atoms with E-state index in [1.54, 1.807) is 27.9 Å². The summed E-state index contributed by atoms with van der Waals surface area (Å²) in [6.45, 7) is 12.4. The molecule has 0 radical (unpaired) electrons. The van der Waals surface area contributed by atoms with Gasteiger partial charge in [-0.25, -0.2) is 0 Å². The number of Topliss-reactive ketones (excluding diaryl/α,β-unsaturated/α-hetero) is 1. The molecule has 6 aliphatic rings. The third-order valence-corrected chi connectivity index (χ3v) is 15.3. The van der Waals surface area contributed by atoms with Crippen molar-refractivity contribution in [3.05, 3.63) is 0 Å². The first-order valence-corrected chi connectivity index (χ1v) is 20.2. The van der Waals surface area contributed by atoms with E-state index in [1.807, 2.05) is 13.8 Å². The van der Waals surface area contributed by atoms with Crippen molar-refractivity contribution < 1.29 is 68.3 Å². The summed E-state index contributed by atoms with van der Waals surface area (Å²) < 4.78 is 42.5. The average Bonchev–Trinajstić information content (AvgIpc) is 3.42. The number of hydrogen-bond acceptors (Lipinski definition) is 14. The van der Waals surface area contributed by atoms with Crippen molar-refractivity contribution in [3.63, 3.8) is 0 Å². The summed E-state index contributed by atoms with van der Waals surface area (Å²) in [6.07, 6.45) is -5.72. The van der Waals surface area contributed by atoms with Crippen LogP contribution >= 0.6 is 0 Å². The Hall–Kier alpha value is -1.30. The molecule has 4 aliphatic carbocycles. The number of ketones is 1. The highest BCUT2D eigenvalue weighted by Gasteiger charge is 2.80. The third-order valence-electron chi connectivity index (χ3n) is 15.3. The zero-order valence-corrected chi connectivity index (χ0v) is 33.5. The van der Waals surface area contributed by atoms with Crippen LogP contribution in [0.5, 0.6) is 0 Å². The second-order valence-corrected chi connectivity index (χ2v) is 17.9. The second-order valence-electron chi connectivity index (χ2n) is 17.9. The minimum atomic E-state index is -1.76. The van der Waals surface area contributed by atoms with Crippen LogP contribution < -0.4 is 0 Å². The predicted octanol–water partition coefficient (Wildman–Crippen LogP) is 2.40. The van der Waals surface area contributed by atoms with Crippen molar-refractivity contribution in [2.24, 2.45) is 34.5 Å². The van der Waals surface area contributed by atoms with Gasteiger partial charge in [0.15, 0.2) is 12.6 Å². The normalized spacial score (nSPS) is 52.4. The molecule has 0 amide bonds. The molecule has 2 heterocycles. The van der Waals surface area contributed by atoms with Crippen LogP contribution in [0.2, 0.25) is 0 Å². The van der Waals surface area contributed by atoms with Gasteiger partial charge in [-0.1, -0.05) is 27.7 Å². The Kier molecular flexibility index (Phi) is 12.1. The number of rotatable bonds is 10. The molecule has 0 aromatic heterocycles. The highest BCUT2D eigenvalue weighted by atomic mass is 16.7. The van der Waals surface area contributed by atoms with E-state index < -0.39 is 113 Å². The molecule has 4 saturated carbocycles. The van der Waals surface area contributed by atoms with Crippen molar-refractivity contribution in [1.29, 1.82) is 0 Å². The molecule has 0 spiro atoms. The van der Waals surface area contributed by atoms with Crippen molar-refractivity contribution in [2.75, 3.05) is 14.2 Å². The Morgan fingerprint density at radius 1 is 0.852 bits per heavy atom. The molecule has 2 aliphatic heterocycles. The van der Waals surface area contributed by atoms with Gasteiger partial charge in [-0.2, -0.15) is 0 Å². The minimum absolute atomic E-state index is 0.00261. The largest absolute Gasteiger partial charge is 0.459 e. The number of hydrogen-bond donors (Lipinski definition) is 5. The Bertz CT molecular complexity index is 1370. The molecule has 0 aromatic carbocycles. The van der Waals surface area contributed by atoms with E-state index in [9.17, 15) is 35.1 Å². The number of aliphatic hydroxyl groups excluding tert-OH is 3. The topological polar surface area (TPSA) is 200 Å². The van der Waals surface area contributed by atoms with Crippen LogP contribution in [-0.4, -0.2) is 136 Å². The number of carbonyl (C=O) groups is 2. The van der Waals surface area contributed by atoms with E-state index in [-0.39, 0.29) is 30.6 Å². The summed E-state index contributed by atoms with van der Waals surface area (Å²) in [7, 11) is 3.00. The number of fused-ring (bicyclic) bond motifs is 5. The maximum atomic E-state index is 13.4. The van der Waals surface area contributed by atoms with Crippen LogP contribution in [-0.2, 0) is 42.7 Å². The summed E-state index contributed by atoms with van der Waals surface area (Å²) in [5, 5.41) is 59.1. The third kappa shape index (κ3) is 6.51. The molecule has 0 aromatic rings. The zero-order valence-electron chi connectivity index (χ0n) is 33.5. The fourth-order valence-electron chi connectivity index (χ4n) is 11.9. The SMILES string of the molecule is CCC(C)C(=O)O[C@@H]1[C@@H](O)[C@]2(C)[C@@H](C(C)=O)CC[C@]2(O)[C@]2(O)CC[C@H]3C[C@@H](O[C@H]4C[C@H](OC)[C@H](O[C@@H]5O[C@H](C)[C@@H](O)[C@@H](OC)[C@H]5O)[C@@H](C)O4)CC[C@]3(C)[C@@H]12. The summed E-state index contributed by atoms with van der Waals surface area (Å²) in [6, 6.07) is 0. The van der Waals surface area contributed by atoms with Crippen molar-refractivity contribution in [2.45, 2.75) is 191 Å². The molecule has 2 saturated heterocycles. The lowest BCUT2D eigenvalue weighted by molar-refractivity contribution is -0.353. The van der Waals surface area contributed by atoms with E-state index in [2.05, 4.69) is 6.92 Å². The molecule has 0 bridgehead atoms. The maximum Gasteiger partial charge on any atom is 0.309 e. The standard InChI is InChI=1S/C40H66O14/c1-10-19(2)35(45)53-32-33-37(6)14-12-24(17-23(37)11-15-39(33,46)40(47)16-13-25(20(3)41)38(40,7)34(32)44)52-27-18-26(48-8)30(22(5)50-27)54-36-29(43)31(49-9)28(42)21(4)51-36/h19,21-34,36,42-44,46-47H,10-18H2,1-9H3/t19?,21-,22-,23+,24+,25-,26+,27+,28-,29-,30-,31-,32+,33-,34-,36+,37+,38+,39+,40-/m1/s1. The summed E-state index contributed by atoms with van der Waals surface area (Å²) in [5.41, 5.74) is -5.52. The van der Waals surface area contributed by atoms with Gasteiger partial charge in [0.05, 0.1) is 30.3 Å². The molecule has 20 atom stereocenters. The smallest absolute Gasteiger partial charge is 0.309 e. The van der Waals surface area contributed by atoms with Gasteiger partial charge < -0.3 is 58.7 Å². The van der Waals surface area contributed by atoms with Crippen LogP contribution in [0, 0.1) is 34.5 Å². The Morgan fingerprint density at radius 2 is 1.56 bits per heavy atom. The molecular weight excluding hydrogens is 704 g/mol. The van der Waals surface area contributed by atoms with Crippen LogP contribution in [0.15, 0.2) is 0 Å². The van der Waals surface area contributed by atoms with Crippen LogP contribution in [0.4, 0.5) is 0 Å². The molecular formula is C40H66O14. The summed E-state index contributed by atoms with van der Waals surface area (Å²) in [5.74, 6) is -2.53. The van der Waals surface area contributed by atoms with Gasteiger partial charge in [-0.05, 0) is 83.5 Å². The number of carbonyl (C=O) groups excluding carboxylic acids is 2. The van der Waals surface area contributed by atoms with Gasteiger partial charge in [-0.3, -0.25) is 9.59 Å². The van der Waals surface area contributed by atoms with Gasteiger partial charge in [0, 0.05) is 37.9 Å². The molecule has 54 heavy (non-hydrogen) atoms. The molecule has 6 rings (SSSR count). The lowest BCUT2D eigenvalue weighted by atomic mass is 9.40. The van der Waals surface area contributed by atoms with Crippen LogP contribution in [0.3, 0.4) is 0 Å². The van der Waals surface area contributed by atoms with Crippen molar-refractivity contribution in [3.8, 4) is 0 Å². The van der Waals surface area contributed by atoms with Crippen molar-refractivity contribution >= 4 is 11.8 Å². The minimum Gasteiger partial charge on any atom is -0.459 e. The first-order chi connectivity index (χ1) is 25.3. The fourth-order valence-corrected chi connectivity index (χ4v) is 11.9. The van der Waals surface area contributed by atoms with Gasteiger partial charge >= 0.3 is 5.97 Å². The first-order valence-electron chi connectivity index (χ1n) is 20.2. The van der Waals surface area contributed by atoms with E-state index in [0.29, 0.717) is 44.9 Å². The zero-order chi connectivity index (χ0) is 39.7. The monoisotopic (exact) mass is 770 g/mol. The van der Waals surface area contributed by atoms with Gasteiger partial charge in [0.1, 0.15) is 53.6 Å². The van der Waals surface area contributed by atoms with E-state index in [4.69, 9.17) is 33.2 Å². The Balaban J connectivity index is 1.19. The Morgan fingerprint density at radius 3 is 2.19 bits per heavy atom. The highest BCUT2D eigenvalue weighted by molar-refractivity contribution is 5.80. The molecule has 310 valence electrons.